The summed E-state index contributed by atoms with van der Waals surface area (Å²) in [5.41, 5.74) is 2.75. The number of aromatic nitrogens is 3. The third-order valence-electron chi connectivity index (χ3n) is 4.04. The molecule has 1 N–H and O–H groups in total. The fourth-order valence-electron chi connectivity index (χ4n) is 2.82. The third-order valence-corrected chi connectivity index (χ3v) is 4.97. The fourth-order valence-corrected chi connectivity index (χ4v) is 3.74. The quantitative estimate of drug-likeness (QED) is 0.930. The summed E-state index contributed by atoms with van der Waals surface area (Å²) in [6.45, 7) is 3.94. The number of carbonyl (C=O) groups excluding carboxylic acids is 1. The summed E-state index contributed by atoms with van der Waals surface area (Å²) in [7, 11) is 0. The molecule has 1 amide bonds. The standard InChI is InChI=1S/C16H20N4O2S/c1-3-12-10(2)23-16(17-12)18-14(21)9-20-15(22)8-11-6-4-5-7-13(11)19-20/h8H,3-7,9H2,1-2H3,(H,17,18,21). The zero-order chi connectivity index (χ0) is 16.4. The van der Waals surface area contributed by atoms with Crippen molar-refractivity contribution in [3.8, 4) is 0 Å². The van der Waals surface area contributed by atoms with Gasteiger partial charge < -0.3 is 5.32 Å². The molecule has 1 aliphatic rings. The van der Waals surface area contributed by atoms with Gasteiger partial charge in [-0.1, -0.05) is 6.92 Å². The highest BCUT2D eigenvalue weighted by Crippen LogP contribution is 2.22. The molecule has 2 heterocycles. The van der Waals surface area contributed by atoms with Gasteiger partial charge in [-0.3, -0.25) is 9.59 Å². The fraction of sp³-hybridized carbons (Fsp3) is 0.500. The van der Waals surface area contributed by atoms with E-state index in [0.717, 1.165) is 53.9 Å². The predicted molar refractivity (Wildman–Crippen MR) is 90.0 cm³/mol. The molecule has 6 nitrogen and oxygen atoms in total. The second-order valence-electron chi connectivity index (χ2n) is 5.74. The van der Waals surface area contributed by atoms with E-state index in [9.17, 15) is 9.59 Å². The summed E-state index contributed by atoms with van der Waals surface area (Å²) in [4.78, 5) is 29.7. The van der Waals surface area contributed by atoms with E-state index in [-0.39, 0.29) is 18.0 Å². The second kappa shape index (κ2) is 6.62. The van der Waals surface area contributed by atoms with Crippen LogP contribution in [0.4, 0.5) is 5.13 Å². The third kappa shape index (κ3) is 3.50. The zero-order valence-electron chi connectivity index (χ0n) is 13.4. The first kappa shape index (κ1) is 15.9. The summed E-state index contributed by atoms with van der Waals surface area (Å²) in [5.74, 6) is -0.272. The Bertz CT molecular complexity index is 794. The Labute approximate surface area is 138 Å². The SMILES string of the molecule is CCc1nc(NC(=O)Cn2nc3c(cc2=O)CCCC3)sc1C. The Hall–Kier alpha value is -2.02. The molecule has 3 rings (SSSR count). The molecule has 0 saturated carbocycles. The molecule has 1 aliphatic carbocycles. The van der Waals surface area contributed by atoms with Gasteiger partial charge in [-0.15, -0.1) is 11.3 Å². The van der Waals surface area contributed by atoms with E-state index in [1.54, 1.807) is 6.07 Å². The first-order valence-corrected chi connectivity index (χ1v) is 8.74. The van der Waals surface area contributed by atoms with E-state index in [1.807, 2.05) is 13.8 Å². The smallest absolute Gasteiger partial charge is 0.267 e. The van der Waals surface area contributed by atoms with Crippen LogP contribution in [0.5, 0.6) is 0 Å². The first-order chi connectivity index (χ1) is 11.1. The molecule has 0 aliphatic heterocycles. The number of nitrogens with one attached hydrogen (secondary N) is 1. The number of aryl methyl sites for hydroxylation is 4. The lowest BCUT2D eigenvalue weighted by Gasteiger charge is -2.15. The molecule has 0 radical (unpaired) electrons. The molecule has 0 aromatic carbocycles. The van der Waals surface area contributed by atoms with Gasteiger partial charge in [0.1, 0.15) is 6.54 Å². The van der Waals surface area contributed by atoms with Crippen LogP contribution in [0.2, 0.25) is 0 Å². The lowest BCUT2D eigenvalue weighted by Crippen LogP contribution is -2.31. The van der Waals surface area contributed by atoms with Crippen LogP contribution in [0, 0.1) is 6.92 Å². The minimum absolute atomic E-state index is 0.0772. The van der Waals surface area contributed by atoms with Gasteiger partial charge in [0.25, 0.3) is 5.56 Å². The van der Waals surface area contributed by atoms with Crippen LogP contribution in [0.25, 0.3) is 0 Å². The van der Waals surface area contributed by atoms with Crippen LogP contribution in [0.3, 0.4) is 0 Å². The van der Waals surface area contributed by atoms with E-state index in [1.165, 1.54) is 16.0 Å². The molecule has 122 valence electrons. The summed E-state index contributed by atoms with van der Waals surface area (Å²) in [5, 5.41) is 7.70. The van der Waals surface area contributed by atoms with Crippen molar-refractivity contribution in [1.82, 2.24) is 14.8 Å². The van der Waals surface area contributed by atoms with E-state index in [2.05, 4.69) is 15.4 Å². The Balaban J connectivity index is 1.73. The first-order valence-electron chi connectivity index (χ1n) is 7.93. The van der Waals surface area contributed by atoms with Crippen LogP contribution in [0.15, 0.2) is 10.9 Å². The molecule has 2 aromatic rings. The van der Waals surface area contributed by atoms with Gasteiger partial charge in [-0.25, -0.2) is 9.67 Å². The van der Waals surface area contributed by atoms with Crippen LogP contribution in [0.1, 0.15) is 41.6 Å². The van der Waals surface area contributed by atoms with E-state index >= 15 is 0 Å². The number of amides is 1. The topological polar surface area (TPSA) is 76.9 Å². The minimum atomic E-state index is -0.272. The summed E-state index contributed by atoms with van der Waals surface area (Å²) < 4.78 is 1.25. The van der Waals surface area contributed by atoms with Crippen molar-refractivity contribution in [3.05, 3.63) is 38.2 Å². The van der Waals surface area contributed by atoms with E-state index < -0.39 is 0 Å². The molecule has 7 heteroatoms. The van der Waals surface area contributed by atoms with Crippen molar-refractivity contribution in [1.29, 1.82) is 0 Å². The Kier molecular flexibility index (Phi) is 4.56. The maximum absolute atomic E-state index is 12.2. The molecular weight excluding hydrogens is 312 g/mol. The lowest BCUT2D eigenvalue weighted by molar-refractivity contribution is -0.117. The van der Waals surface area contributed by atoms with Gasteiger partial charge in [-0.2, -0.15) is 5.10 Å². The number of thiazole rings is 1. The van der Waals surface area contributed by atoms with E-state index in [4.69, 9.17) is 0 Å². The van der Waals surface area contributed by atoms with Crippen LogP contribution in [-0.4, -0.2) is 20.7 Å². The highest BCUT2D eigenvalue weighted by atomic mass is 32.1. The van der Waals surface area contributed by atoms with Crippen LogP contribution in [-0.2, 0) is 30.6 Å². The molecular formula is C16H20N4O2S. The van der Waals surface area contributed by atoms with Gasteiger partial charge >= 0.3 is 0 Å². The average molecular weight is 332 g/mol. The van der Waals surface area contributed by atoms with E-state index in [0.29, 0.717) is 5.13 Å². The average Bonchev–Trinajstić information content (AvgIpc) is 2.87. The monoisotopic (exact) mass is 332 g/mol. The van der Waals surface area contributed by atoms with Crippen molar-refractivity contribution < 1.29 is 4.79 Å². The molecule has 23 heavy (non-hydrogen) atoms. The number of hydrogen-bond donors (Lipinski definition) is 1. The minimum Gasteiger partial charge on any atom is -0.300 e. The van der Waals surface area contributed by atoms with Gasteiger partial charge in [0.15, 0.2) is 5.13 Å². The highest BCUT2D eigenvalue weighted by molar-refractivity contribution is 7.15. The molecule has 0 atom stereocenters. The maximum Gasteiger partial charge on any atom is 0.267 e. The molecule has 2 aromatic heterocycles. The van der Waals surface area contributed by atoms with Gasteiger partial charge in [0, 0.05) is 10.9 Å². The van der Waals surface area contributed by atoms with Gasteiger partial charge in [0.2, 0.25) is 5.91 Å². The summed E-state index contributed by atoms with van der Waals surface area (Å²) in [6.07, 6.45) is 4.81. The summed E-state index contributed by atoms with van der Waals surface area (Å²) in [6, 6.07) is 1.62. The Morgan fingerprint density at radius 1 is 1.39 bits per heavy atom. The van der Waals surface area contributed by atoms with Crippen molar-refractivity contribution in [2.45, 2.75) is 52.5 Å². The highest BCUT2D eigenvalue weighted by Gasteiger charge is 2.15. The number of carbonyl (C=O) groups is 1. The number of fused-ring (bicyclic) bond motifs is 1. The molecule has 0 fully saturated rings. The number of nitrogens with zero attached hydrogens (tertiary/aromatic N) is 3. The maximum atomic E-state index is 12.2. The van der Waals surface area contributed by atoms with Crippen molar-refractivity contribution in [2.75, 3.05) is 5.32 Å². The predicted octanol–water partition coefficient (Wildman–Crippen LogP) is 2.09. The molecule has 0 spiro atoms. The molecule has 0 unspecified atom stereocenters. The van der Waals surface area contributed by atoms with Gasteiger partial charge in [0.05, 0.1) is 11.4 Å². The number of anilines is 1. The number of hydrogen-bond acceptors (Lipinski definition) is 5. The Morgan fingerprint density at radius 2 is 2.17 bits per heavy atom. The molecule has 0 saturated heterocycles. The normalized spacial score (nSPS) is 13.7. The summed E-state index contributed by atoms with van der Waals surface area (Å²) >= 11 is 1.45. The van der Waals surface area contributed by atoms with Crippen molar-refractivity contribution in [3.63, 3.8) is 0 Å². The zero-order valence-corrected chi connectivity index (χ0v) is 14.2. The lowest BCUT2D eigenvalue weighted by atomic mass is 9.97. The molecule has 0 bridgehead atoms. The van der Waals surface area contributed by atoms with Crippen molar-refractivity contribution in [2.24, 2.45) is 0 Å². The Morgan fingerprint density at radius 3 is 2.91 bits per heavy atom. The largest absolute Gasteiger partial charge is 0.300 e. The van der Waals surface area contributed by atoms with Gasteiger partial charge in [-0.05, 0) is 44.6 Å². The van der Waals surface area contributed by atoms with Crippen LogP contribution >= 0.6 is 11.3 Å². The second-order valence-corrected chi connectivity index (χ2v) is 6.95. The van der Waals surface area contributed by atoms with Crippen LogP contribution < -0.4 is 10.9 Å². The van der Waals surface area contributed by atoms with Crippen molar-refractivity contribution >= 4 is 22.4 Å². The number of rotatable bonds is 4.